The van der Waals surface area contributed by atoms with E-state index in [1.165, 1.54) is 7.11 Å². The van der Waals surface area contributed by atoms with Crippen LogP contribution in [0.2, 0.25) is 10.0 Å². The lowest BCUT2D eigenvalue weighted by Gasteiger charge is -2.08. The van der Waals surface area contributed by atoms with Crippen LogP contribution in [0, 0.1) is 0 Å². The third-order valence-electron chi connectivity index (χ3n) is 3.68. The van der Waals surface area contributed by atoms with Gasteiger partial charge in [-0.3, -0.25) is 4.79 Å². The first-order valence-electron chi connectivity index (χ1n) is 8.12. The molecule has 0 aliphatic rings. The van der Waals surface area contributed by atoms with Gasteiger partial charge in [0.2, 0.25) is 5.91 Å². The third kappa shape index (κ3) is 6.33. The molecule has 2 rings (SSSR count). The Morgan fingerprint density at radius 2 is 1.88 bits per heavy atom. The number of methoxy groups -OCH3 is 1. The molecule has 2 N–H and O–H groups in total. The van der Waals surface area contributed by atoms with Crippen molar-refractivity contribution in [1.29, 1.82) is 0 Å². The molecule has 0 aromatic heterocycles. The highest BCUT2D eigenvalue weighted by Gasteiger charge is 2.08. The van der Waals surface area contributed by atoms with Crippen molar-refractivity contribution in [3.05, 3.63) is 63.6 Å². The van der Waals surface area contributed by atoms with Gasteiger partial charge < -0.3 is 15.4 Å². The summed E-state index contributed by atoms with van der Waals surface area (Å²) in [7, 11) is 1.32. The van der Waals surface area contributed by atoms with Crippen molar-refractivity contribution < 1.29 is 14.3 Å². The van der Waals surface area contributed by atoms with Gasteiger partial charge in [0.15, 0.2) is 0 Å². The van der Waals surface area contributed by atoms with E-state index in [0.717, 1.165) is 12.0 Å². The summed E-state index contributed by atoms with van der Waals surface area (Å²) in [6.45, 7) is 1.24. The van der Waals surface area contributed by atoms with Gasteiger partial charge in [0.1, 0.15) is 0 Å². The Labute approximate surface area is 162 Å². The van der Waals surface area contributed by atoms with Crippen LogP contribution in [-0.2, 0) is 16.0 Å². The highest BCUT2D eigenvalue weighted by molar-refractivity contribution is 6.35. The zero-order chi connectivity index (χ0) is 18.9. The molecule has 0 atom stereocenters. The molecule has 0 radical (unpaired) electrons. The Morgan fingerprint density at radius 3 is 2.62 bits per heavy atom. The van der Waals surface area contributed by atoms with Crippen LogP contribution >= 0.6 is 23.2 Å². The van der Waals surface area contributed by atoms with Gasteiger partial charge in [-0.15, -0.1) is 0 Å². The first-order valence-corrected chi connectivity index (χ1v) is 8.88. The highest BCUT2D eigenvalue weighted by atomic mass is 35.5. The topological polar surface area (TPSA) is 67.4 Å². The fourth-order valence-corrected chi connectivity index (χ4v) is 2.84. The summed E-state index contributed by atoms with van der Waals surface area (Å²) in [4.78, 5) is 23.5. The second-order valence-corrected chi connectivity index (χ2v) is 6.45. The SMILES string of the molecule is COC(=O)c1cccc(NC(=O)CCNCCc2ccc(Cl)cc2Cl)c1. The Kier molecular flexibility index (Phi) is 7.91. The quantitative estimate of drug-likeness (QED) is 0.525. The van der Waals surface area contributed by atoms with Gasteiger partial charge in [0, 0.05) is 28.7 Å². The van der Waals surface area contributed by atoms with Crippen LogP contribution in [0.15, 0.2) is 42.5 Å². The molecular weight excluding hydrogens is 375 g/mol. The monoisotopic (exact) mass is 394 g/mol. The number of rotatable bonds is 8. The van der Waals surface area contributed by atoms with E-state index in [1.54, 1.807) is 36.4 Å². The van der Waals surface area contributed by atoms with E-state index in [2.05, 4.69) is 15.4 Å². The maximum atomic E-state index is 12.0. The lowest BCUT2D eigenvalue weighted by molar-refractivity contribution is -0.116. The number of carbonyl (C=O) groups excluding carboxylic acids is 2. The van der Waals surface area contributed by atoms with Crippen molar-refractivity contribution in [2.75, 3.05) is 25.5 Å². The largest absolute Gasteiger partial charge is 0.465 e. The molecule has 2 aromatic rings. The number of halogens is 2. The highest BCUT2D eigenvalue weighted by Crippen LogP contribution is 2.21. The summed E-state index contributed by atoms with van der Waals surface area (Å²) < 4.78 is 4.66. The number of nitrogens with one attached hydrogen (secondary N) is 2. The van der Waals surface area contributed by atoms with Gasteiger partial charge in [0.05, 0.1) is 12.7 Å². The molecule has 0 saturated heterocycles. The van der Waals surface area contributed by atoms with E-state index in [0.29, 0.717) is 40.8 Å². The van der Waals surface area contributed by atoms with E-state index < -0.39 is 5.97 Å². The van der Waals surface area contributed by atoms with Gasteiger partial charge in [0.25, 0.3) is 0 Å². The Bertz CT molecular complexity index is 781. The molecule has 0 aliphatic carbocycles. The summed E-state index contributed by atoms with van der Waals surface area (Å²) in [5, 5.41) is 7.22. The van der Waals surface area contributed by atoms with Gasteiger partial charge in [-0.2, -0.15) is 0 Å². The smallest absolute Gasteiger partial charge is 0.337 e. The fourth-order valence-electron chi connectivity index (χ4n) is 2.34. The molecule has 5 nitrogen and oxygen atoms in total. The van der Waals surface area contributed by atoms with E-state index in [-0.39, 0.29) is 5.91 Å². The molecule has 7 heteroatoms. The van der Waals surface area contributed by atoms with Gasteiger partial charge in [-0.25, -0.2) is 4.79 Å². The van der Waals surface area contributed by atoms with E-state index in [9.17, 15) is 9.59 Å². The molecule has 0 saturated carbocycles. The van der Waals surface area contributed by atoms with Crippen molar-refractivity contribution in [2.24, 2.45) is 0 Å². The van der Waals surface area contributed by atoms with E-state index >= 15 is 0 Å². The van der Waals surface area contributed by atoms with Crippen LogP contribution in [-0.4, -0.2) is 32.1 Å². The van der Waals surface area contributed by atoms with Gasteiger partial charge in [-0.05, 0) is 48.9 Å². The van der Waals surface area contributed by atoms with Gasteiger partial charge in [-0.1, -0.05) is 35.3 Å². The molecule has 0 aliphatic heterocycles. The first-order chi connectivity index (χ1) is 12.5. The van der Waals surface area contributed by atoms with E-state index in [4.69, 9.17) is 23.2 Å². The van der Waals surface area contributed by atoms with Crippen LogP contribution in [0.3, 0.4) is 0 Å². The zero-order valence-electron chi connectivity index (χ0n) is 14.4. The number of benzene rings is 2. The fraction of sp³-hybridized carbons (Fsp3) is 0.263. The predicted octanol–water partition coefficient (Wildman–Crippen LogP) is 3.94. The Balaban J connectivity index is 1.71. The second kappa shape index (κ2) is 10.2. The average molecular weight is 395 g/mol. The van der Waals surface area contributed by atoms with Crippen molar-refractivity contribution >= 4 is 40.8 Å². The standard InChI is InChI=1S/C19H20Cl2N2O3/c1-26-19(25)14-3-2-4-16(11-14)23-18(24)8-10-22-9-7-13-5-6-15(20)12-17(13)21/h2-6,11-12,22H,7-10H2,1H3,(H,23,24). The van der Waals surface area contributed by atoms with E-state index in [1.807, 2.05) is 6.07 Å². The molecule has 26 heavy (non-hydrogen) atoms. The van der Waals surface area contributed by atoms with Crippen molar-refractivity contribution in [2.45, 2.75) is 12.8 Å². The number of ether oxygens (including phenoxy) is 1. The minimum absolute atomic E-state index is 0.135. The van der Waals surface area contributed by atoms with Crippen LogP contribution < -0.4 is 10.6 Å². The molecule has 138 valence electrons. The predicted molar refractivity (Wildman–Crippen MR) is 104 cm³/mol. The molecule has 0 spiro atoms. The van der Waals surface area contributed by atoms with Crippen molar-refractivity contribution in [1.82, 2.24) is 5.32 Å². The molecule has 0 fully saturated rings. The average Bonchev–Trinajstić information content (AvgIpc) is 2.62. The summed E-state index contributed by atoms with van der Waals surface area (Å²) in [6, 6.07) is 12.0. The maximum Gasteiger partial charge on any atom is 0.337 e. The lowest BCUT2D eigenvalue weighted by Crippen LogP contribution is -2.23. The van der Waals surface area contributed by atoms with Crippen molar-refractivity contribution in [3.8, 4) is 0 Å². The minimum atomic E-state index is -0.441. The number of hydrogen-bond acceptors (Lipinski definition) is 4. The molecule has 1 amide bonds. The zero-order valence-corrected chi connectivity index (χ0v) is 15.9. The number of esters is 1. The number of anilines is 1. The normalized spacial score (nSPS) is 10.4. The first kappa shape index (κ1) is 20.2. The van der Waals surface area contributed by atoms with Crippen LogP contribution in [0.1, 0.15) is 22.3 Å². The maximum absolute atomic E-state index is 12.0. The summed E-state index contributed by atoms with van der Waals surface area (Å²) in [5.74, 6) is -0.576. The summed E-state index contributed by atoms with van der Waals surface area (Å²) >= 11 is 12.0. The molecule has 0 bridgehead atoms. The Morgan fingerprint density at radius 1 is 1.08 bits per heavy atom. The van der Waals surface area contributed by atoms with Crippen molar-refractivity contribution in [3.63, 3.8) is 0 Å². The lowest BCUT2D eigenvalue weighted by atomic mass is 10.1. The molecular formula is C19H20Cl2N2O3. The van der Waals surface area contributed by atoms with Gasteiger partial charge >= 0.3 is 5.97 Å². The number of hydrogen-bond donors (Lipinski definition) is 2. The second-order valence-electron chi connectivity index (χ2n) is 5.61. The van der Waals surface area contributed by atoms with Crippen LogP contribution in [0.4, 0.5) is 5.69 Å². The van der Waals surface area contributed by atoms with Crippen LogP contribution in [0.25, 0.3) is 0 Å². The minimum Gasteiger partial charge on any atom is -0.465 e. The third-order valence-corrected chi connectivity index (χ3v) is 4.27. The molecule has 0 heterocycles. The number of carbonyl (C=O) groups is 2. The molecule has 2 aromatic carbocycles. The Hall–Kier alpha value is -2.08. The summed E-state index contributed by atoms with van der Waals surface area (Å²) in [5.41, 5.74) is 1.96. The summed E-state index contributed by atoms with van der Waals surface area (Å²) in [6.07, 6.45) is 1.07. The molecule has 0 unspecified atom stereocenters. The van der Waals surface area contributed by atoms with Crippen LogP contribution in [0.5, 0.6) is 0 Å². The number of amides is 1.